The lowest BCUT2D eigenvalue weighted by Crippen LogP contribution is -2.42. The van der Waals surface area contributed by atoms with Crippen LogP contribution in [0.3, 0.4) is 0 Å². The van der Waals surface area contributed by atoms with Gasteiger partial charge in [-0.25, -0.2) is 0 Å². The molecule has 0 aliphatic rings. The van der Waals surface area contributed by atoms with Gasteiger partial charge in [0, 0.05) is 6.20 Å². The number of hydrogen-bond acceptors (Lipinski definition) is 4. The molecule has 0 unspecified atom stereocenters. The zero-order valence-corrected chi connectivity index (χ0v) is 14.2. The van der Waals surface area contributed by atoms with E-state index in [0.29, 0.717) is 30.9 Å². The average Bonchev–Trinajstić information content (AvgIpc) is 2.63. The number of aromatic nitrogens is 1. The molecule has 1 aromatic carbocycles. The van der Waals surface area contributed by atoms with Crippen molar-refractivity contribution in [1.82, 2.24) is 9.88 Å². The molecule has 5 heteroatoms. The van der Waals surface area contributed by atoms with Gasteiger partial charge in [0.2, 0.25) is 0 Å². The quantitative estimate of drug-likeness (QED) is 0.809. The third kappa shape index (κ3) is 4.32. The summed E-state index contributed by atoms with van der Waals surface area (Å²) >= 11 is 0. The van der Waals surface area contributed by atoms with Crippen LogP contribution in [-0.2, 0) is 6.54 Å². The largest absolute Gasteiger partial charge is 0.493 e. The highest BCUT2D eigenvalue weighted by atomic mass is 16.5. The fraction of sp³-hybridized carbons (Fsp3) is 0.368. The maximum atomic E-state index is 13.1. The van der Waals surface area contributed by atoms with Crippen molar-refractivity contribution < 1.29 is 14.6 Å². The Morgan fingerprint density at radius 1 is 1.21 bits per heavy atom. The number of ether oxygens (including phenoxy) is 1. The molecule has 5 nitrogen and oxygen atoms in total. The minimum atomic E-state index is -0.269. The van der Waals surface area contributed by atoms with Crippen LogP contribution in [0.1, 0.15) is 36.3 Å². The van der Waals surface area contributed by atoms with Crippen molar-refractivity contribution in [3.05, 3.63) is 59.9 Å². The number of carbonyl (C=O) groups excluding carboxylic acids is 1. The summed E-state index contributed by atoms with van der Waals surface area (Å²) in [5.74, 6) is 0.398. The predicted molar refractivity (Wildman–Crippen MR) is 92.9 cm³/mol. The molecule has 1 heterocycles. The Kier molecular flexibility index (Phi) is 6.75. The highest BCUT2D eigenvalue weighted by Gasteiger charge is 2.25. The highest BCUT2D eigenvalue weighted by Crippen LogP contribution is 2.22. The third-order valence-corrected chi connectivity index (χ3v) is 3.86. The molecule has 128 valence electrons. The summed E-state index contributed by atoms with van der Waals surface area (Å²) in [4.78, 5) is 19.1. The maximum Gasteiger partial charge on any atom is 0.258 e. The molecule has 1 atom stereocenters. The number of hydrogen-bond donors (Lipinski definition) is 1. The number of pyridine rings is 1. The molecule has 1 aromatic heterocycles. The van der Waals surface area contributed by atoms with Crippen molar-refractivity contribution in [1.29, 1.82) is 0 Å². The first-order valence-electron chi connectivity index (χ1n) is 8.24. The van der Waals surface area contributed by atoms with Crippen molar-refractivity contribution in [2.75, 3.05) is 13.2 Å². The van der Waals surface area contributed by atoms with E-state index in [1.54, 1.807) is 23.2 Å². The van der Waals surface area contributed by atoms with Gasteiger partial charge in [-0.3, -0.25) is 9.78 Å². The molecule has 0 saturated carbocycles. The monoisotopic (exact) mass is 328 g/mol. The second-order valence-corrected chi connectivity index (χ2v) is 5.43. The van der Waals surface area contributed by atoms with Gasteiger partial charge in [-0.2, -0.15) is 0 Å². The van der Waals surface area contributed by atoms with Crippen LogP contribution in [-0.4, -0.2) is 40.2 Å². The van der Waals surface area contributed by atoms with Gasteiger partial charge in [-0.15, -0.1) is 0 Å². The molecule has 0 bridgehead atoms. The Morgan fingerprint density at radius 2 is 1.96 bits per heavy atom. The average molecular weight is 328 g/mol. The number of rotatable bonds is 8. The van der Waals surface area contributed by atoms with E-state index in [2.05, 4.69) is 4.98 Å². The van der Waals surface area contributed by atoms with Gasteiger partial charge in [-0.1, -0.05) is 25.1 Å². The van der Waals surface area contributed by atoms with Crippen molar-refractivity contribution in [2.24, 2.45) is 0 Å². The highest BCUT2D eigenvalue weighted by molar-refractivity contribution is 5.97. The summed E-state index contributed by atoms with van der Waals surface area (Å²) in [6.45, 7) is 4.58. The SMILES string of the molecule is CCOc1ccccc1C(=O)N(Cc1ccccn1)[C@H](CC)CO. The van der Waals surface area contributed by atoms with Crippen molar-refractivity contribution in [3.8, 4) is 5.75 Å². The summed E-state index contributed by atoms with van der Waals surface area (Å²) in [6, 6.07) is 12.5. The first kappa shape index (κ1) is 17.9. The molecule has 0 aliphatic heterocycles. The van der Waals surface area contributed by atoms with Gasteiger partial charge in [0.25, 0.3) is 5.91 Å². The van der Waals surface area contributed by atoms with Gasteiger partial charge in [0.1, 0.15) is 5.75 Å². The molecule has 0 fully saturated rings. The van der Waals surface area contributed by atoms with Crippen LogP contribution in [0, 0.1) is 0 Å². The number of amides is 1. The van der Waals surface area contributed by atoms with Crippen LogP contribution in [0.5, 0.6) is 5.75 Å². The molecular formula is C19H24N2O3. The molecule has 0 spiro atoms. The zero-order valence-electron chi connectivity index (χ0n) is 14.2. The molecule has 1 N–H and O–H groups in total. The summed E-state index contributed by atoms with van der Waals surface area (Å²) in [5, 5.41) is 9.70. The van der Waals surface area contributed by atoms with Crippen LogP contribution in [0.25, 0.3) is 0 Å². The van der Waals surface area contributed by atoms with Crippen LogP contribution < -0.4 is 4.74 Å². The second kappa shape index (κ2) is 9.03. The van der Waals surface area contributed by atoms with Gasteiger partial charge in [0.15, 0.2) is 0 Å². The first-order chi connectivity index (χ1) is 11.7. The van der Waals surface area contributed by atoms with Crippen LogP contribution >= 0.6 is 0 Å². The van der Waals surface area contributed by atoms with E-state index in [9.17, 15) is 9.90 Å². The van der Waals surface area contributed by atoms with Crippen LogP contribution in [0.15, 0.2) is 48.7 Å². The van der Waals surface area contributed by atoms with Gasteiger partial charge in [0.05, 0.1) is 37.1 Å². The first-order valence-corrected chi connectivity index (χ1v) is 8.24. The van der Waals surface area contributed by atoms with Crippen molar-refractivity contribution in [2.45, 2.75) is 32.9 Å². The lowest BCUT2D eigenvalue weighted by atomic mass is 10.1. The maximum absolute atomic E-state index is 13.1. The second-order valence-electron chi connectivity index (χ2n) is 5.43. The molecule has 2 rings (SSSR count). The van der Waals surface area contributed by atoms with E-state index in [1.807, 2.05) is 44.2 Å². The van der Waals surface area contributed by atoms with Gasteiger partial charge < -0.3 is 14.7 Å². The molecule has 1 amide bonds. The van der Waals surface area contributed by atoms with Crippen LogP contribution in [0.2, 0.25) is 0 Å². The Balaban J connectivity index is 2.34. The Morgan fingerprint density at radius 3 is 2.58 bits per heavy atom. The van der Waals surface area contributed by atoms with Crippen LogP contribution in [0.4, 0.5) is 0 Å². The number of carbonyl (C=O) groups is 1. The van der Waals surface area contributed by atoms with Crippen molar-refractivity contribution >= 4 is 5.91 Å². The minimum absolute atomic E-state index is 0.0914. The predicted octanol–water partition coefficient (Wildman–Crippen LogP) is 2.89. The smallest absolute Gasteiger partial charge is 0.258 e. The summed E-state index contributed by atoms with van der Waals surface area (Å²) in [5.41, 5.74) is 1.29. The lowest BCUT2D eigenvalue weighted by molar-refractivity contribution is 0.0556. The third-order valence-electron chi connectivity index (χ3n) is 3.86. The standard InChI is InChI=1S/C19H24N2O3/c1-3-16(14-22)21(13-15-9-7-8-12-20-15)19(23)17-10-5-6-11-18(17)24-4-2/h5-12,16,22H,3-4,13-14H2,1-2H3/t16-/m1/s1. The summed E-state index contributed by atoms with van der Waals surface area (Å²) in [6.07, 6.45) is 2.36. The van der Waals surface area contributed by atoms with Crippen molar-refractivity contribution in [3.63, 3.8) is 0 Å². The topological polar surface area (TPSA) is 62.7 Å². The fourth-order valence-corrected chi connectivity index (χ4v) is 2.56. The number of aliphatic hydroxyl groups is 1. The van der Waals surface area contributed by atoms with E-state index < -0.39 is 0 Å². The lowest BCUT2D eigenvalue weighted by Gasteiger charge is -2.30. The van der Waals surface area contributed by atoms with Gasteiger partial charge >= 0.3 is 0 Å². The molecule has 24 heavy (non-hydrogen) atoms. The summed E-state index contributed by atoms with van der Waals surface area (Å²) < 4.78 is 5.58. The van der Waals surface area contributed by atoms with E-state index >= 15 is 0 Å². The van der Waals surface area contributed by atoms with Gasteiger partial charge in [-0.05, 0) is 37.6 Å². The van der Waals surface area contributed by atoms with E-state index in [-0.39, 0.29) is 18.6 Å². The Bertz CT molecular complexity index is 642. The minimum Gasteiger partial charge on any atom is -0.493 e. The van der Waals surface area contributed by atoms with E-state index in [1.165, 1.54) is 0 Å². The Hall–Kier alpha value is -2.40. The molecule has 0 aliphatic carbocycles. The fourth-order valence-electron chi connectivity index (χ4n) is 2.56. The summed E-state index contributed by atoms with van der Waals surface area (Å²) in [7, 11) is 0. The molecule has 2 aromatic rings. The molecular weight excluding hydrogens is 304 g/mol. The number of nitrogens with zero attached hydrogens (tertiary/aromatic N) is 2. The molecule has 0 radical (unpaired) electrons. The zero-order chi connectivity index (χ0) is 17.4. The Labute approximate surface area is 142 Å². The number of benzene rings is 1. The normalized spacial score (nSPS) is 11.8. The molecule has 0 saturated heterocycles. The van der Waals surface area contributed by atoms with E-state index in [4.69, 9.17) is 4.74 Å². The number of aliphatic hydroxyl groups excluding tert-OH is 1. The van der Waals surface area contributed by atoms with E-state index in [0.717, 1.165) is 5.69 Å². The number of para-hydroxylation sites is 1.